The summed E-state index contributed by atoms with van der Waals surface area (Å²) in [4.78, 5) is 2.22. The van der Waals surface area contributed by atoms with Crippen LogP contribution < -0.4 is 5.73 Å². The molecule has 2 rings (SSSR count). The van der Waals surface area contributed by atoms with Crippen molar-refractivity contribution in [3.8, 4) is 10.4 Å². The minimum absolute atomic E-state index is 0.0547. The molecule has 0 saturated carbocycles. The SMILES string of the molecule is Cc1ccc(-c2ccc(C(N)C(C)C)s2)cc1F. The van der Waals surface area contributed by atoms with Gasteiger partial charge < -0.3 is 5.73 Å². The monoisotopic (exact) mass is 263 g/mol. The van der Waals surface area contributed by atoms with Gasteiger partial charge in [-0.1, -0.05) is 26.0 Å². The fraction of sp³-hybridized carbons (Fsp3) is 0.333. The Morgan fingerprint density at radius 1 is 1.17 bits per heavy atom. The molecule has 18 heavy (non-hydrogen) atoms. The van der Waals surface area contributed by atoms with Gasteiger partial charge in [-0.05, 0) is 42.2 Å². The molecule has 0 aliphatic rings. The quantitative estimate of drug-likeness (QED) is 0.865. The fourth-order valence-corrected chi connectivity index (χ4v) is 2.94. The largest absolute Gasteiger partial charge is 0.323 e. The number of hydrogen-bond donors (Lipinski definition) is 1. The van der Waals surface area contributed by atoms with Crippen molar-refractivity contribution in [2.24, 2.45) is 11.7 Å². The second-order valence-electron chi connectivity index (χ2n) is 4.94. The third-order valence-corrected chi connectivity index (χ3v) is 4.37. The number of benzene rings is 1. The van der Waals surface area contributed by atoms with Crippen LogP contribution >= 0.6 is 11.3 Å². The highest BCUT2D eigenvalue weighted by atomic mass is 32.1. The summed E-state index contributed by atoms with van der Waals surface area (Å²) in [5.74, 6) is 0.252. The van der Waals surface area contributed by atoms with Crippen molar-refractivity contribution in [3.05, 3.63) is 46.6 Å². The van der Waals surface area contributed by atoms with Crippen LogP contribution in [-0.2, 0) is 0 Å². The highest BCUT2D eigenvalue weighted by Gasteiger charge is 2.13. The van der Waals surface area contributed by atoms with Crippen molar-refractivity contribution in [1.82, 2.24) is 0 Å². The van der Waals surface area contributed by atoms with Crippen molar-refractivity contribution in [3.63, 3.8) is 0 Å². The van der Waals surface area contributed by atoms with E-state index < -0.39 is 0 Å². The highest BCUT2D eigenvalue weighted by Crippen LogP contribution is 2.33. The Labute approximate surface area is 111 Å². The first kappa shape index (κ1) is 13.2. The van der Waals surface area contributed by atoms with Crippen molar-refractivity contribution >= 4 is 11.3 Å². The predicted octanol–water partition coefficient (Wildman–Crippen LogP) is 4.52. The molecule has 0 aliphatic carbocycles. The van der Waals surface area contributed by atoms with Gasteiger partial charge in [0.25, 0.3) is 0 Å². The van der Waals surface area contributed by atoms with E-state index in [-0.39, 0.29) is 11.9 Å². The Hall–Kier alpha value is -1.19. The van der Waals surface area contributed by atoms with E-state index in [1.54, 1.807) is 24.3 Å². The Bertz CT molecular complexity index is 545. The molecule has 1 aromatic heterocycles. The summed E-state index contributed by atoms with van der Waals surface area (Å²) in [6.07, 6.45) is 0. The maximum absolute atomic E-state index is 13.5. The molecule has 0 radical (unpaired) electrons. The maximum atomic E-state index is 13.5. The lowest BCUT2D eigenvalue weighted by Crippen LogP contribution is -2.14. The number of rotatable bonds is 3. The molecule has 1 unspecified atom stereocenters. The summed E-state index contributed by atoms with van der Waals surface area (Å²) < 4.78 is 13.5. The van der Waals surface area contributed by atoms with Gasteiger partial charge in [-0.3, -0.25) is 0 Å². The molecule has 3 heteroatoms. The molecule has 1 aromatic carbocycles. The lowest BCUT2D eigenvalue weighted by Gasteiger charge is -2.12. The van der Waals surface area contributed by atoms with E-state index in [1.807, 2.05) is 24.3 Å². The first-order chi connectivity index (χ1) is 8.49. The number of aryl methyl sites for hydroxylation is 1. The zero-order valence-corrected chi connectivity index (χ0v) is 11.7. The second-order valence-corrected chi connectivity index (χ2v) is 6.05. The van der Waals surface area contributed by atoms with Gasteiger partial charge in [0.2, 0.25) is 0 Å². The molecule has 0 saturated heterocycles. The van der Waals surface area contributed by atoms with Crippen molar-refractivity contribution in [1.29, 1.82) is 0 Å². The normalized spacial score (nSPS) is 13.0. The predicted molar refractivity (Wildman–Crippen MR) is 76.2 cm³/mol. The fourth-order valence-electron chi connectivity index (χ4n) is 1.76. The summed E-state index contributed by atoms with van der Waals surface area (Å²) in [5.41, 5.74) is 7.72. The standard InChI is InChI=1S/C15H18FNS/c1-9(2)15(17)14-7-6-13(18-14)11-5-4-10(3)12(16)8-11/h4-9,15H,17H2,1-3H3. The van der Waals surface area contributed by atoms with E-state index >= 15 is 0 Å². The van der Waals surface area contributed by atoms with Gasteiger partial charge in [-0.2, -0.15) is 0 Å². The molecule has 1 atom stereocenters. The van der Waals surface area contributed by atoms with Gasteiger partial charge in [0, 0.05) is 15.8 Å². The molecule has 0 fully saturated rings. The van der Waals surface area contributed by atoms with E-state index in [2.05, 4.69) is 13.8 Å². The van der Waals surface area contributed by atoms with Gasteiger partial charge in [-0.25, -0.2) is 4.39 Å². The zero-order chi connectivity index (χ0) is 13.3. The van der Waals surface area contributed by atoms with E-state index in [1.165, 1.54) is 0 Å². The van der Waals surface area contributed by atoms with Crippen LogP contribution in [-0.4, -0.2) is 0 Å². The molecule has 1 heterocycles. The summed E-state index contributed by atoms with van der Waals surface area (Å²) in [6.45, 7) is 5.98. The van der Waals surface area contributed by atoms with Crippen molar-refractivity contribution in [2.45, 2.75) is 26.8 Å². The van der Waals surface area contributed by atoms with E-state index in [0.29, 0.717) is 11.5 Å². The number of nitrogens with two attached hydrogens (primary N) is 1. The van der Waals surface area contributed by atoms with E-state index in [4.69, 9.17) is 5.73 Å². The molecule has 0 aliphatic heterocycles. The Kier molecular flexibility index (Phi) is 3.83. The summed E-state index contributed by atoms with van der Waals surface area (Å²) in [7, 11) is 0. The molecule has 2 aromatic rings. The van der Waals surface area contributed by atoms with Crippen LogP contribution in [0, 0.1) is 18.7 Å². The first-order valence-corrected chi connectivity index (χ1v) is 6.92. The van der Waals surface area contributed by atoms with E-state index in [0.717, 1.165) is 15.3 Å². The van der Waals surface area contributed by atoms with Gasteiger partial charge in [0.15, 0.2) is 0 Å². The molecule has 0 amide bonds. The van der Waals surface area contributed by atoms with Crippen LogP contribution in [0.4, 0.5) is 4.39 Å². The third-order valence-electron chi connectivity index (χ3n) is 3.13. The van der Waals surface area contributed by atoms with Gasteiger partial charge in [0.1, 0.15) is 5.82 Å². The van der Waals surface area contributed by atoms with Gasteiger partial charge >= 0.3 is 0 Å². The lowest BCUT2D eigenvalue weighted by atomic mass is 10.0. The molecule has 96 valence electrons. The van der Waals surface area contributed by atoms with Crippen LogP contribution in [0.25, 0.3) is 10.4 Å². The zero-order valence-electron chi connectivity index (χ0n) is 10.9. The van der Waals surface area contributed by atoms with Crippen LogP contribution in [0.1, 0.15) is 30.3 Å². The van der Waals surface area contributed by atoms with Crippen LogP contribution in [0.5, 0.6) is 0 Å². The maximum Gasteiger partial charge on any atom is 0.126 e. The Morgan fingerprint density at radius 3 is 2.50 bits per heavy atom. The Morgan fingerprint density at radius 2 is 1.89 bits per heavy atom. The minimum atomic E-state index is -0.157. The molecule has 2 N–H and O–H groups in total. The van der Waals surface area contributed by atoms with Crippen molar-refractivity contribution in [2.75, 3.05) is 0 Å². The first-order valence-electron chi connectivity index (χ1n) is 6.11. The van der Waals surface area contributed by atoms with E-state index in [9.17, 15) is 4.39 Å². The molecule has 0 bridgehead atoms. The molecular formula is C15H18FNS. The molecule has 0 spiro atoms. The summed E-state index contributed by atoms with van der Waals surface area (Å²) in [5, 5.41) is 0. The van der Waals surface area contributed by atoms with Gasteiger partial charge in [0.05, 0.1) is 0 Å². The van der Waals surface area contributed by atoms with Gasteiger partial charge in [-0.15, -0.1) is 11.3 Å². The number of thiophene rings is 1. The molecular weight excluding hydrogens is 245 g/mol. The lowest BCUT2D eigenvalue weighted by molar-refractivity contribution is 0.521. The Balaban J connectivity index is 2.32. The average molecular weight is 263 g/mol. The van der Waals surface area contributed by atoms with Crippen molar-refractivity contribution < 1.29 is 4.39 Å². The minimum Gasteiger partial charge on any atom is -0.323 e. The topological polar surface area (TPSA) is 26.0 Å². The average Bonchev–Trinajstić information content (AvgIpc) is 2.81. The van der Waals surface area contributed by atoms with Crippen LogP contribution in [0.3, 0.4) is 0 Å². The number of halogens is 1. The third kappa shape index (κ3) is 2.62. The highest BCUT2D eigenvalue weighted by molar-refractivity contribution is 7.15. The smallest absolute Gasteiger partial charge is 0.126 e. The second kappa shape index (κ2) is 5.21. The molecule has 1 nitrogen and oxygen atoms in total. The summed E-state index contributed by atoms with van der Waals surface area (Å²) in [6, 6.07) is 9.47. The number of hydrogen-bond acceptors (Lipinski definition) is 2. The van der Waals surface area contributed by atoms with Crippen LogP contribution in [0.15, 0.2) is 30.3 Å². The van der Waals surface area contributed by atoms with Crippen LogP contribution in [0.2, 0.25) is 0 Å². The summed E-state index contributed by atoms with van der Waals surface area (Å²) >= 11 is 1.65.